The Morgan fingerprint density at radius 2 is 1.90 bits per heavy atom. The van der Waals surface area contributed by atoms with E-state index in [-0.39, 0.29) is 43.0 Å². The van der Waals surface area contributed by atoms with Crippen molar-refractivity contribution in [3.63, 3.8) is 0 Å². The molecule has 0 bridgehead atoms. The zero-order valence-electron chi connectivity index (χ0n) is 17.0. The van der Waals surface area contributed by atoms with Gasteiger partial charge in [-0.3, -0.25) is 4.79 Å². The van der Waals surface area contributed by atoms with Crippen LogP contribution >= 0.6 is 24.0 Å². The Kier molecular flexibility index (Phi) is 10.5. The highest BCUT2D eigenvalue weighted by Gasteiger charge is 2.50. The molecule has 2 rings (SSSR count). The molecule has 0 saturated carbocycles. The number of amides is 1. The Hall–Kier alpha value is -1.61. The Balaban J connectivity index is 0.00000480. The molecule has 1 aliphatic rings. The van der Waals surface area contributed by atoms with Gasteiger partial charge in [0.05, 0.1) is 6.54 Å². The number of rotatable bonds is 7. The molecular weight excluding hydrogens is 550 g/mol. The van der Waals surface area contributed by atoms with Gasteiger partial charge in [-0.25, -0.2) is 13.4 Å². The zero-order chi connectivity index (χ0) is 22.4. The van der Waals surface area contributed by atoms with E-state index in [2.05, 4.69) is 15.6 Å². The summed E-state index contributed by atoms with van der Waals surface area (Å²) in [7, 11) is -5.27. The summed E-state index contributed by atoms with van der Waals surface area (Å²) in [5, 5.41) is 6.21. The van der Waals surface area contributed by atoms with Crippen molar-refractivity contribution in [2.75, 3.05) is 26.2 Å². The van der Waals surface area contributed by atoms with E-state index in [0.717, 1.165) is 5.56 Å². The van der Waals surface area contributed by atoms with Crippen LogP contribution < -0.4 is 16.4 Å². The van der Waals surface area contributed by atoms with Crippen LogP contribution in [0.3, 0.4) is 0 Å². The Morgan fingerprint density at radius 3 is 2.45 bits per heavy atom. The van der Waals surface area contributed by atoms with Crippen molar-refractivity contribution in [2.24, 2.45) is 16.6 Å². The molecule has 176 valence electrons. The van der Waals surface area contributed by atoms with Gasteiger partial charge in [0, 0.05) is 31.7 Å². The molecule has 31 heavy (non-hydrogen) atoms. The summed E-state index contributed by atoms with van der Waals surface area (Å²) < 4.78 is 61.4. The number of carbonyl (C=O) groups is 1. The van der Waals surface area contributed by atoms with E-state index >= 15 is 0 Å². The number of alkyl halides is 3. The molecule has 0 radical (unpaired) electrons. The van der Waals surface area contributed by atoms with Gasteiger partial charge in [-0.15, -0.1) is 24.0 Å². The zero-order valence-corrected chi connectivity index (χ0v) is 20.1. The molecule has 0 aromatic heterocycles. The van der Waals surface area contributed by atoms with Crippen LogP contribution in [0, 0.1) is 5.92 Å². The third kappa shape index (κ3) is 7.79. The molecule has 1 saturated heterocycles. The van der Waals surface area contributed by atoms with E-state index in [4.69, 9.17) is 5.73 Å². The summed E-state index contributed by atoms with van der Waals surface area (Å²) >= 11 is 0. The van der Waals surface area contributed by atoms with Crippen molar-refractivity contribution < 1.29 is 26.4 Å². The second kappa shape index (κ2) is 11.9. The molecule has 1 heterocycles. The second-order valence-corrected chi connectivity index (χ2v) is 8.86. The van der Waals surface area contributed by atoms with E-state index in [0.29, 0.717) is 48.3 Å². The molecule has 8 nitrogen and oxygen atoms in total. The van der Waals surface area contributed by atoms with Gasteiger partial charge in [0.15, 0.2) is 5.96 Å². The molecule has 1 aromatic rings. The van der Waals surface area contributed by atoms with Crippen LogP contribution in [0.15, 0.2) is 29.3 Å². The van der Waals surface area contributed by atoms with Gasteiger partial charge < -0.3 is 16.4 Å². The number of benzene rings is 1. The van der Waals surface area contributed by atoms with Crippen molar-refractivity contribution in [2.45, 2.75) is 31.8 Å². The highest BCUT2D eigenvalue weighted by atomic mass is 127. The summed E-state index contributed by atoms with van der Waals surface area (Å²) in [6, 6.07) is 6.81. The third-order valence-corrected chi connectivity index (χ3v) is 6.37. The molecule has 1 amide bonds. The van der Waals surface area contributed by atoms with Crippen molar-refractivity contribution in [3.05, 3.63) is 35.4 Å². The van der Waals surface area contributed by atoms with Crippen LogP contribution in [-0.4, -0.2) is 56.3 Å². The quantitative estimate of drug-likeness (QED) is 0.261. The largest absolute Gasteiger partial charge is 0.511 e. The fraction of sp³-hybridized carbons (Fsp3) is 0.556. The monoisotopic (exact) mass is 577 g/mol. The molecule has 13 heteroatoms. The van der Waals surface area contributed by atoms with Gasteiger partial charge in [-0.2, -0.15) is 17.5 Å². The summed E-state index contributed by atoms with van der Waals surface area (Å²) in [5.74, 6) is 0.0174. The number of nitrogens with one attached hydrogen (secondary N) is 2. The first-order chi connectivity index (χ1) is 14.0. The number of halogens is 4. The molecule has 1 aromatic carbocycles. The van der Waals surface area contributed by atoms with E-state index in [1.165, 1.54) is 0 Å². The number of carbonyl (C=O) groups excluding carboxylic acids is 1. The van der Waals surface area contributed by atoms with Gasteiger partial charge >= 0.3 is 15.5 Å². The van der Waals surface area contributed by atoms with Gasteiger partial charge in [0.25, 0.3) is 0 Å². The normalized spacial score (nSPS) is 16.5. The highest BCUT2D eigenvalue weighted by molar-refractivity contribution is 14.0. The number of aliphatic imine (C=N–C) groups is 1. The van der Waals surface area contributed by atoms with Gasteiger partial charge in [-0.1, -0.05) is 12.1 Å². The SMILES string of the molecule is CCNC(=NCc1cccc(C(N)=O)c1)NCC1CCN(S(=O)(=O)C(F)(F)F)CC1.I. The first kappa shape index (κ1) is 27.4. The Labute approximate surface area is 196 Å². The topological polar surface area (TPSA) is 117 Å². The molecule has 4 N–H and O–H groups in total. The van der Waals surface area contributed by atoms with E-state index < -0.39 is 21.4 Å². The molecular formula is C18H27F3IN5O3S. The standard InChI is InChI=1S/C18H26F3N5O3S.HI/c1-2-23-17(25-12-14-4-3-5-15(10-14)16(22)27)24-11-13-6-8-26(9-7-13)30(28,29)18(19,20)21;/h3-5,10,13H,2,6-9,11-12H2,1H3,(H2,22,27)(H2,23,24,25);1H. The minimum Gasteiger partial charge on any atom is -0.366 e. The lowest BCUT2D eigenvalue weighted by atomic mass is 9.98. The lowest BCUT2D eigenvalue weighted by Crippen LogP contribution is -2.47. The predicted octanol–water partition coefficient (Wildman–Crippen LogP) is 2.02. The number of sulfonamides is 1. The summed E-state index contributed by atoms with van der Waals surface area (Å²) in [5.41, 5.74) is 1.20. The number of hydrogen-bond donors (Lipinski definition) is 3. The van der Waals surface area contributed by atoms with Crippen molar-refractivity contribution in [3.8, 4) is 0 Å². The van der Waals surface area contributed by atoms with E-state index in [1.54, 1.807) is 18.2 Å². The maximum Gasteiger partial charge on any atom is 0.511 e. The average molecular weight is 577 g/mol. The Bertz CT molecular complexity index is 872. The molecule has 0 atom stereocenters. The first-order valence-electron chi connectivity index (χ1n) is 9.52. The third-order valence-electron chi connectivity index (χ3n) is 4.74. The van der Waals surface area contributed by atoms with Crippen molar-refractivity contribution in [1.82, 2.24) is 14.9 Å². The molecule has 1 aliphatic heterocycles. The summed E-state index contributed by atoms with van der Waals surface area (Å²) in [6.45, 7) is 2.93. The Morgan fingerprint density at radius 1 is 1.26 bits per heavy atom. The number of nitrogens with two attached hydrogens (primary N) is 1. The van der Waals surface area contributed by atoms with Gasteiger partial charge in [0.1, 0.15) is 0 Å². The number of primary amides is 1. The van der Waals surface area contributed by atoms with Crippen LogP contribution in [0.5, 0.6) is 0 Å². The van der Waals surface area contributed by atoms with E-state index in [9.17, 15) is 26.4 Å². The van der Waals surface area contributed by atoms with Crippen LogP contribution in [0.2, 0.25) is 0 Å². The predicted molar refractivity (Wildman–Crippen MR) is 122 cm³/mol. The van der Waals surface area contributed by atoms with Crippen LogP contribution in [0.25, 0.3) is 0 Å². The lowest BCUT2D eigenvalue weighted by Gasteiger charge is -2.31. The molecule has 0 aliphatic carbocycles. The smallest absolute Gasteiger partial charge is 0.366 e. The first-order valence-corrected chi connectivity index (χ1v) is 11.0. The minimum atomic E-state index is -5.27. The fourth-order valence-corrected chi connectivity index (χ4v) is 4.06. The number of piperidine rings is 1. The molecule has 0 unspecified atom stereocenters. The lowest BCUT2D eigenvalue weighted by molar-refractivity contribution is -0.0496. The van der Waals surface area contributed by atoms with E-state index in [1.807, 2.05) is 13.0 Å². The second-order valence-electron chi connectivity index (χ2n) is 6.93. The number of guanidine groups is 1. The maximum atomic E-state index is 12.7. The fourth-order valence-electron chi connectivity index (χ4n) is 3.08. The van der Waals surface area contributed by atoms with Crippen LogP contribution in [0.1, 0.15) is 35.7 Å². The van der Waals surface area contributed by atoms with Crippen molar-refractivity contribution >= 4 is 45.9 Å². The number of hydrogen-bond acceptors (Lipinski definition) is 4. The van der Waals surface area contributed by atoms with Crippen LogP contribution in [0.4, 0.5) is 13.2 Å². The van der Waals surface area contributed by atoms with Gasteiger partial charge in [-0.05, 0) is 43.4 Å². The van der Waals surface area contributed by atoms with Crippen molar-refractivity contribution in [1.29, 1.82) is 0 Å². The molecule has 1 fully saturated rings. The summed E-state index contributed by atoms with van der Waals surface area (Å²) in [6.07, 6.45) is 0.644. The minimum absolute atomic E-state index is 0. The highest BCUT2D eigenvalue weighted by Crippen LogP contribution is 2.30. The molecule has 0 spiro atoms. The van der Waals surface area contributed by atoms with Crippen LogP contribution in [-0.2, 0) is 16.6 Å². The number of nitrogens with zero attached hydrogens (tertiary/aromatic N) is 2. The maximum absolute atomic E-state index is 12.7. The van der Waals surface area contributed by atoms with Gasteiger partial charge in [0.2, 0.25) is 5.91 Å². The average Bonchev–Trinajstić information content (AvgIpc) is 2.69. The summed E-state index contributed by atoms with van der Waals surface area (Å²) in [4.78, 5) is 15.7.